The van der Waals surface area contributed by atoms with E-state index in [4.69, 9.17) is 0 Å². The Morgan fingerprint density at radius 3 is 1.07 bits per heavy atom. The van der Waals surface area contributed by atoms with Gasteiger partial charge in [0.25, 0.3) is 20.2 Å². The molecule has 2 N–H and O–H groups in total. The van der Waals surface area contributed by atoms with Crippen molar-refractivity contribution < 1.29 is 25.9 Å². The van der Waals surface area contributed by atoms with Gasteiger partial charge in [0.2, 0.25) is 0 Å². The molecule has 0 aliphatic carbocycles. The molecule has 0 bridgehead atoms. The second-order valence-corrected chi connectivity index (χ2v) is 12.2. The van der Waals surface area contributed by atoms with Crippen LogP contribution in [0.3, 0.4) is 0 Å². The molecule has 0 amide bonds. The summed E-state index contributed by atoms with van der Waals surface area (Å²) in [4.78, 5) is -0.572. The van der Waals surface area contributed by atoms with Crippen LogP contribution in [0, 0.1) is 0 Å². The first kappa shape index (κ1) is 23.5. The zero-order chi connectivity index (χ0) is 20.9. The predicted molar refractivity (Wildman–Crippen MR) is 115 cm³/mol. The third-order valence-electron chi connectivity index (χ3n) is 3.96. The standard InChI is InChI=1S/C15H12Br4O6S2/c1-15(2,7-3-9(16)13(10(17)4-7)26(20,21)22)8-5-11(18)14(12(19)6-8)27(23,24)25/h3-6H,1-2H3,(H,20,21,22)(H,23,24,25). The van der Waals surface area contributed by atoms with E-state index >= 15 is 0 Å². The van der Waals surface area contributed by atoms with E-state index in [9.17, 15) is 25.9 Å². The maximum atomic E-state index is 11.5. The van der Waals surface area contributed by atoms with Crippen LogP contribution in [-0.2, 0) is 25.7 Å². The largest absolute Gasteiger partial charge is 0.296 e. The molecule has 0 aliphatic heterocycles. The summed E-state index contributed by atoms with van der Waals surface area (Å²) in [6, 6.07) is 6.25. The highest BCUT2D eigenvalue weighted by Crippen LogP contribution is 2.41. The van der Waals surface area contributed by atoms with Crippen LogP contribution in [0.5, 0.6) is 0 Å². The number of rotatable bonds is 4. The molecule has 0 radical (unpaired) electrons. The molecule has 0 aromatic heterocycles. The minimum absolute atomic E-state index is 0.176. The molecule has 0 aliphatic rings. The van der Waals surface area contributed by atoms with Crippen molar-refractivity contribution >= 4 is 84.0 Å². The van der Waals surface area contributed by atoms with Crippen LogP contribution in [0.2, 0.25) is 0 Å². The SMILES string of the molecule is CC(C)(c1cc(Br)c(S(=O)(=O)O)c(Br)c1)c1cc(Br)c(S(=O)(=O)O)c(Br)c1. The van der Waals surface area contributed by atoms with E-state index in [1.54, 1.807) is 24.3 Å². The first-order chi connectivity index (χ1) is 12.1. The van der Waals surface area contributed by atoms with Gasteiger partial charge in [-0.25, -0.2) is 0 Å². The highest BCUT2D eigenvalue weighted by Gasteiger charge is 2.30. The molecule has 12 heteroatoms. The van der Waals surface area contributed by atoms with E-state index in [2.05, 4.69) is 63.7 Å². The van der Waals surface area contributed by atoms with E-state index < -0.39 is 25.7 Å². The average Bonchev–Trinajstić information content (AvgIpc) is 2.42. The Bertz CT molecular complexity index is 1010. The fourth-order valence-corrected chi connectivity index (χ4v) is 8.55. The maximum Gasteiger partial charge on any atom is 0.296 e. The van der Waals surface area contributed by atoms with Crippen molar-refractivity contribution in [3.63, 3.8) is 0 Å². The van der Waals surface area contributed by atoms with Crippen molar-refractivity contribution in [2.75, 3.05) is 0 Å². The first-order valence-electron chi connectivity index (χ1n) is 7.01. The van der Waals surface area contributed by atoms with Gasteiger partial charge in [-0.1, -0.05) is 13.8 Å². The zero-order valence-electron chi connectivity index (χ0n) is 13.7. The van der Waals surface area contributed by atoms with Crippen molar-refractivity contribution in [1.29, 1.82) is 0 Å². The van der Waals surface area contributed by atoms with Crippen LogP contribution in [0.25, 0.3) is 0 Å². The van der Waals surface area contributed by atoms with Crippen molar-refractivity contribution in [2.45, 2.75) is 29.1 Å². The van der Waals surface area contributed by atoms with Crippen LogP contribution in [-0.4, -0.2) is 25.9 Å². The summed E-state index contributed by atoms with van der Waals surface area (Å²) < 4.78 is 65.5. The lowest BCUT2D eigenvalue weighted by Crippen LogP contribution is -2.20. The van der Waals surface area contributed by atoms with E-state index in [1.807, 2.05) is 13.8 Å². The van der Waals surface area contributed by atoms with Gasteiger partial charge in [0.05, 0.1) is 0 Å². The minimum Gasteiger partial charge on any atom is -0.282 e. The summed E-state index contributed by atoms with van der Waals surface area (Å²) in [6.07, 6.45) is 0. The van der Waals surface area contributed by atoms with Gasteiger partial charge in [-0.15, -0.1) is 0 Å². The summed E-state index contributed by atoms with van der Waals surface area (Å²) in [7, 11) is -8.86. The Labute approximate surface area is 190 Å². The lowest BCUT2D eigenvalue weighted by atomic mass is 9.78. The van der Waals surface area contributed by atoms with Gasteiger partial charge in [-0.2, -0.15) is 16.8 Å². The number of hydrogen-bond acceptors (Lipinski definition) is 4. The van der Waals surface area contributed by atoms with Crippen LogP contribution in [0.1, 0.15) is 25.0 Å². The Hall–Kier alpha value is 0.180. The third kappa shape index (κ3) is 4.85. The molecule has 27 heavy (non-hydrogen) atoms. The molecule has 0 spiro atoms. The van der Waals surface area contributed by atoms with Gasteiger partial charge in [-0.3, -0.25) is 9.11 Å². The van der Waals surface area contributed by atoms with Crippen LogP contribution >= 0.6 is 63.7 Å². The van der Waals surface area contributed by atoms with Crippen molar-refractivity contribution in [1.82, 2.24) is 0 Å². The van der Waals surface area contributed by atoms with Gasteiger partial charge in [-0.05, 0) is 99.1 Å². The molecule has 0 unspecified atom stereocenters. The predicted octanol–water partition coefficient (Wildman–Crippen LogP) is 5.56. The summed E-state index contributed by atoms with van der Waals surface area (Å²) in [5, 5.41) is 0. The highest BCUT2D eigenvalue weighted by molar-refractivity contribution is 9.11. The van der Waals surface area contributed by atoms with Gasteiger partial charge >= 0.3 is 0 Å². The molecule has 0 heterocycles. The van der Waals surface area contributed by atoms with E-state index in [1.165, 1.54) is 0 Å². The van der Waals surface area contributed by atoms with E-state index in [0.717, 1.165) is 0 Å². The van der Waals surface area contributed by atoms with Gasteiger partial charge in [0.15, 0.2) is 0 Å². The van der Waals surface area contributed by atoms with E-state index in [-0.39, 0.29) is 27.7 Å². The number of hydrogen-bond donors (Lipinski definition) is 2. The van der Waals surface area contributed by atoms with Crippen LogP contribution < -0.4 is 0 Å². The normalized spacial score (nSPS) is 13.0. The molecular formula is C15H12Br4O6S2. The van der Waals surface area contributed by atoms with Crippen molar-refractivity contribution in [3.8, 4) is 0 Å². The molecule has 2 aromatic rings. The zero-order valence-corrected chi connectivity index (χ0v) is 21.6. The molecule has 6 nitrogen and oxygen atoms in total. The van der Waals surface area contributed by atoms with Crippen molar-refractivity contribution in [2.24, 2.45) is 0 Å². The topological polar surface area (TPSA) is 109 Å². The molecule has 0 atom stereocenters. The maximum absolute atomic E-state index is 11.5. The molecule has 0 fully saturated rings. The summed E-state index contributed by atoms with van der Waals surface area (Å²) >= 11 is 12.7. The highest BCUT2D eigenvalue weighted by atomic mass is 79.9. The average molecular weight is 672 g/mol. The lowest BCUT2D eigenvalue weighted by molar-refractivity contribution is 0.480. The van der Waals surface area contributed by atoms with Gasteiger partial charge in [0, 0.05) is 23.3 Å². The number of benzene rings is 2. The van der Waals surface area contributed by atoms with E-state index in [0.29, 0.717) is 11.1 Å². The second-order valence-electron chi connectivity index (χ2n) is 6.11. The first-order valence-corrected chi connectivity index (χ1v) is 13.1. The fraction of sp³-hybridized carbons (Fsp3) is 0.200. The molecule has 0 saturated heterocycles. The smallest absolute Gasteiger partial charge is 0.282 e. The molecular weight excluding hydrogens is 660 g/mol. The molecule has 0 saturated carbocycles. The summed E-state index contributed by atoms with van der Waals surface area (Å²) in [5.74, 6) is 0. The third-order valence-corrected chi connectivity index (χ3v) is 9.42. The van der Waals surface area contributed by atoms with Crippen molar-refractivity contribution in [3.05, 3.63) is 53.3 Å². The Morgan fingerprint density at radius 1 is 0.667 bits per heavy atom. The molecule has 2 rings (SSSR count). The Balaban J connectivity index is 2.70. The molecule has 148 valence electrons. The minimum atomic E-state index is -4.43. The Morgan fingerprint density at radius 2 is 0.889 bits per heavy atom. The lowest BCUT2D eigenvalue weighted by Gasteiger charge is -2.28. The summed E-state index contributed by atoms with van der Waals surface area (Å²) in [5.41, 5.74) is 0.685. The monoisotopic (exact) mass is 668 g/mol. The Kier molecular flexibility index (Phi) is 6.76. The summed E-state index contributed by atoms with van der Waals surface area (Å²) in [6.45, 7) is 3.71. The van der Waals surface area contributed by atoms with Crippen LogP contribution in [0.15, 0.2) is 51.9 Å². The fourth-order valence-electron chi connectivity index (χ4n) is 2.50. The van der Waals surface area contributed by atoms with Crippen LogP contribution in [0.4, 0.5) is 0 Å². The molecule has 2 aromatic carbocycles. The number of halogens is 4. The second kappa shape index (κ2) is 7.78. The van der Waals surface area contributed by atoms with Gasteiger partial charge in [0.1, 0.15) is 9.79 Å². The quantitative estimate of drug-likeness (QED) is 0.413. The van der Waals surface area contributed by atoms with Gasteiger partial charge < -0.3 is 0 Å².